The maximum Gasteiger partial charge on any atom is 0.259 e. The van der Waals surface area contributed by atoms with Crippen LogP contribution in [0, 0.1) is 0 Å². The second-order valence-electron chi connectivity index (χ2n) is 36.1. The highest BCUT2D eigenvalue weighted by molar-refractivity contribution is 6.32. The highest BCUT2D eigenvalue weighted by Crippen LogP contribution is 2.44. The summed E-state index contributed by atoms with van der Waals surface area (Å²) in [5.41, 5.74) is 17.0. The number of pyridine rings is 6. The second kappa shape index (κ2) is 36.0. The van der Waals surface area contributed by atoms with Gasteiger partial charge in [-0.25, -0.2) is 0 Å². The maximum atomic E-state index is 12.4. The van der Waals surface area contributed by atoms with E-state index in [4.69, 9.17) is 25.8 Å². The Morgan fingerprint density at radius 1 is 0.314 bits per heavy atom. The average molecular weight is 1640 g/mol. The van der Waals surface area contributed by atoms with Gasteiger partial charge in [0.15, 0.2) is 0 Å². The molecule has 0 spiro atoms. The average Bonchev–Trinajstić information content (AvgIpc) is 0.764. The summed E-state index contributed by atoms with van der Waals surface area (Å²) in [5, 5.41) is 28.8. The second-order valence-corrected chi connectivity index (χ2v) is 36.5. The van der Waals surface area contributed by atoms with Crippen LogP contribution in [0.3, 0.4) is 0 Å². The first kappa shape index (κ1) is 89.6. The van der Waals surface area contributed by atoms with Gasteiger partial charge < -0.3 is 47.3 Å². The van der Waals surface area contributed by atoms with Crippen LogP contribution in [-0.2, 0) is 75.5 Å². The molecule has 0 aliphatic carbocycles. The molecule has 6 heterocycles. The number of rotatable bonds is 10. The molecule has 16 nitrogen and oxygen atoms in total. The quantitative estimate of drug-likeness (QED) is 0.132. The van der Waals surface area contributed by atoms with Gasteiger partial charge in [-0.2, -0.15) is 0 Å². The molecule has 0 saturated carbocycles. The molecule has 15 aromatic rings. The van der Waals surface area contributed by atoms with Crippen molar-refractivity contribution in [2.75, 3.05) is 21.3 Å². The lowest BCUT2D eigenvalue weighted by atomic mass is 9.81. The van der Waals surface area contributed by atoms with Crippen molar-refractivity contribution in [2.45, 2.75) is 144 Å². The molecule has 15 rings (SSSR count). The zero-order chi connectivity index (χ0) is 88.3. The Balaban J connectivity index is 0.000000148. The minimum absolute atomic E-state index is 0.00121. The van der Waals surface area contributed by atoms with E-state index in [1.54, 1.807) is 90.9 Å². The van der Waals surface area contributed by atoms with Gasteiger partial charge in [-0.3, -0.25) is 29.0 Å². The summed E-state index contributed by atoms with van der Waals surface area (Å²) in [6.07, 6.45) is 12.6. The smallest absolute Gasteiger partial charge is 0.259 e. The molecular weight excluding hydrogens is 1530 g/mol. The summed E-state index contributed by atoms with van der Waals surface area (Å²) in [4.78, 5) is 65.9. The standard InChI is InChI=1S/C22H25NO3.C21H24N2O3.C21H23NO2.C20H20ClNO.C20H21NO/c1-22(2,3)20-15(13-24)10-14(11-19(20)26-5)18-12-23(4)21(25)17-9-7-6-8-16(17)18;1-21(2,3)18-8-13(12-24)15(9-19(18)26-5)17-11-23(4)20(25)16-10-22-7-6-14(16)17;1-21(2,3)18-11-10-14(12-19(18)24-5)17-13-22(4)20(23)16-9-7-6-8-15(16)17;1-20(2,3)17-10-9-13(11-18(17)21)16-12-22(4)19(23)15-8-6-5-7-14(15)16;1-20(2,3)15-11-9-14(10-12-15)18-13-21(4)19(22)17-8-6-5-7-16(17)18/h6-12,24H,13H2,1-5H3;6-11,24H,12H2,1-5H3;6-13H,1-5H3;5-12H,1-4H3;5-13H,1-4H3. The van der Waals surface area contributed by atoms with Crippen molar-refractivity contribution >= 4 is 65.5 Å². The molecule has 9 aromatic carbocycles. The molecule has 6 aromatic heterocycles. The first-order valence-electron chi connectivity index (χ1n) is 40.6. The van der Waals surface area contributed by atoms with Crippen LogP contribution >= 0.6 is 11.6 Å². The summed E-state index contributed by atoms with van der Waals surface area (Å²) in [5.74, 6) is 2.38. The summed E-state index contributed by atoms with van der Waals surface area (Å²) < 4.78 is 25.0. The van der Waals surface area contributed by atoms with Crippen molar-refractivity contribution in [3.05, 3.63) is 327 Å². The number of aromatic nitrogens is 6. The first-order valence-corrected chi connectivity index (χ1v) is 40.9. The predicted molar refractivity (Wildman–Crippen MR) is 501 cm³/mol. The Labute approximate surface area is 714 Å². The lowest BCUT2D eigenvalue weighted by Gasteiger charge is -2.26. The summed E-state index contributed by atoms with van der Waals surface area (Å²) in [6, 6.07) is 61.7. The van der Waals surface area contributed by atoms with Gasteiger partial charge in [0.25, 0.3) is 27.8 Å². The molecule has 0 unspecified atom stereocenters. The van der Waals surface area contributed by atoms with Crippen LogP contribution in [0.1, 0.15) is 143 Å². The van der Waals surface area contributed by atoms with E-state index in [-0.39, 0.29) is 68.1 Å². The van der Waals surface area contributed by atoms with Gasteiger partial charge in [0.1, 0.15) is 17.2 Å². The van der Waals surface area contributed by atoms with Gasteiger partial charge in [-0.15, -0.1) is 0 Å². The fourth-order valence-electron chi connectivity index (χ4n) is 15.8. The van der Waals surface area contributed by atoms with Crippen molar-refractivity contribution in [3.63, 3.8) is 0 Å². The van der Waals surface area contributed by atoms with Crippen molar-refractivity contribution < 1.29 is 24.4 Å². The van der Waals surface area contributed by atoms with E-state index in [0.717, 1.165) is 149 Å². The largest absolute Gasteiger partial charge is 0.496 e. The fourth-order valence-corrected chi connectivity index (χ4v) is 16.2. The Hall–Kier alpha value is -12.2. The topological polar surface area (TPSA) is 191 Å². The normalized spacial score (nSPS) is 11.8. The van der Waals surface area contributed by atoms with E-state index >= 15 is 0 Å². The molecule has 0 aliphatic heterocycles. The number of aryl methyl sites for hydroxylation is 5. The van der Waals surface area contributed by atoms with Crippen molar-refractivity contribution in [3.8, 4) is 72.9 Å². The number of methoxy groups -OCH3 is 3. The Morgan fingerprint density at radius 3 is 1.03 bits per heavy atom. The van der Waals surface area contributed by atoms with Crippen molar-refractivity contribution in [1.82, 2.24) is 27.8 Å². The minimum atomic E-state index is -0.159. The van der Waals surface area contributed by atoms with E-state index in [1.165, 1.54) is 11.1 Å². The summed E-state index contributed by atoms with van der Waals surface area (Å²) >= 11 is 6.52. The number of nitrogens with zero attached hydrogens (tertiary/aromatic N) is 6. The van der Waals surface area contributed by atoms with Crippen LogP contribution < -0.4 is 42.0 Å². The number of aliphatic hydroxyl groups is 2. The number of fused-ring (bicyclic) bond motifs is 5. The highest BCUT2D eigenvalue weighted by Gasteiger charge is 2.28. The van der Waals surface area contributed by atoms with E-state index in [1.807, 2.05) is 165 Å². The summed E-state index contributed by atoms with van der Waals surface area (Å²) in [6.45, 7) is 32.1. The molecule has 0 bridgehead atoms. The number of aliphatic hydroxyl groups excluding tert-OH is 2. The molecule has 2 N–H and O–H groups in total. The van der Waals surface area contributed by atoms with Gasteiger partial charge in [0, 0.05) is 139 Å². The first-order chi connectivity index (χ1) is 57.0. The van der Waals surface area contributed by atoms with Gasteiger partial charge in [0.2, 0.25) is 0 Å². The lowest BCUT2D eigenvalue weighted by Crippen LogP contribution is -2.17. The Bertz CT molecular complexity index is 6700. The molecule has 0 radical (unpaired) electrons. The molecule has 17 heteroatoms. The third-order valence-corrected chi connectivity index (χ3v) is 22.5. The number of ether oxygens (including phenoxy) is 3. The Kier molecular flexibility index (Phi) is 26.6. The van der Waals surface area contributed by atoms with Gasteiger partial charge in [0.05, 0.1) is 39.9 Å². The molecule has 0 amide bonds. The monoisotopic (exact) mass is 1640 g/mol. The maximum absolute atomic E-state index is 12.4. The SMILES string of the molecule is COc1cc(-c2cn(C)c(=O)c3ccccc23)cc(CO)c1C(C)(C)C.COc1cc(-c2cn(C)c(=O)c3ccccc23)ccc1C(C)(C)C.COc1cc(-c2cn(C)c(=O)c3cnccc23)c(CO)cc1C(C)(C)C.Cn1cc(-c2ccc(C(C)(C)C)c(Cl)c2)c2ccccc2c1=O.Cn1cc(-c2ccc(C(C)(C)C)cc2)c2ccccc2c1=O. The molecule has 121 heavy (non-hydrogen) atoms. The van der Waals surface area contributed by atoms with Crippen molar-refractivity contribution in [1.29, 1.82) is 0 Å². The van der Waals surface area contributed by atoms with Crippen LogP contribution in [0.2, 0.25) is 5.02 Å². The van der Waals surface area contributed by atoms with Crippen molar-refractivity contribution in [2.24, 2.45) is 35.2 Å². The van der Waals surface area contributed by atoms with E-state index in [0.29, 0.717) is 10.8 Å². The van der Waals surface area contributed by atoms with Crippen LogP contribution in [0.5, 0.6) is 17.2 Å². The zero-order valence-corrected chi connectivity index (χ0v) is 74.8. The number of hydrogen-bond acceptors (Lipinski definition) is 11. The summed E-state index contributed by atoms with van der Waals surface area (Å²) in [7, 11) is 13.9. The zero-order valence-electron chi connectivity index (χ0n) is 74.1. The van der Waals surface area contributed by atoms with Crippen LogP contribution in [-0.4, -0.2) is 59.4 Å². The van der Waals surface area contributed by atoms with Gasteiger partial charge in [-0.05, 0) is 182 Å². The van der Waals surface area contributed by atoms with Crippen LogP contribution in [0.25, 0.3) is 109 Å². The van der Waals surface area contributed by atoms with E-state index < -0.39 is 0 Å². The lowest BCUT2D eigenvalue weighted by molar-refractivity contribution is 0.276. The molecular formula is C104H113ClN6O10. The third-order valence-electron chi connectivity index (χ3n) is 22.1. The van der Waals surface area contributed by atoms with E-state index in [9.17, 15) is 34.2 Å². The number of halogens is 1. The highest BCUT2D eigenvalue weighted by atomic mass is 35.5. The predicted octanol–water partition coefficient (Wildman–Crippen LogP) is 21.6. The number of benzene rings is 9. The Morgan fingerprint density at radius 2 is 0.653 bits per heavy atom. The van der Waals surface area contributed by atoms with Gasteiger partial charge in [-0.1, -0.05) is 237 Å². The van der Waals surface area contributed by atoms with Crippen LogP contribution in [0.4, 0.5) is 0 Å². The minimum Gasteiger partial charge on any atom is -0.496 e. The molecule has 0 atom stereocenters. The molecule has 626 valence electrons. The number of hydrogen-bond donors (Lipinski definition) is 2. The third kappa shape index (κ3) is 19.2. The van der Waals surface area contributed by atoms with Gasteiger partial charge >= 0.3 is 0 Å². The fraction of sp³-hybridized carbons (Fsp3) is 0.288. The molecule has 0 aliphatic rings. The van der Waals surface area contributed by atoms with Crippen LogP contribution in [0.15, 0.2) is 255 Å². The molecule has 0 fully saturated rings. The molecule has 0 saturated heterocycles. The van der Waals surface area contributed by atoms with E-state index in [2.05, 4.69) is 163 Å².